The van der Waals surface area contributed by atoms with Crippen molar-refractivity contribution in [3.63, 3.8) is 0 Å². The molecule has 0 bridgehead atoms. The molecule has 2 unspecified atom stereocenters. The Morgan fingerprint density at radius 1 is 1.08 bits per heavy atom. The minimum absolute atomic E-state index is 0.264. The average Bonchev–Trinajstić information content (AvgIpc) is 2.28. The first-order valence-corrected chi connectivity index (χ1v) is 6.33. The molecule has 1 aliphatic heterocycles. The third-order valence-corrected chi connectivity index (χ3v) is 4.41. The fourth-order valence-corrected chi connectivity index (χ4v) is 4.20. The van der Waals surface area contributed by atoms with E-state index in [0.29, 0.717) is 11.5 Å². The predicted molar refractivity (Wildman–Crippen MR) is 55.3 cm³/mol. The quantitative estimate of drug-likeness (QED) is 0.648. The summed E-state index contributed by atoms with van der Waals surface area (Å²) in [5, 5.41) is 0. The van der Waals surface area contributed by atoms with Gasteiger partial charge in [-0.25, -0.2) is 8.42 Å². The molecule has 0 aromatic rings. The van der Waals surface area contributed by atoms with E-state index < -0.39 is 9.84 Å². The van der Waals surface area contributed by atoms with Gasteiger partial charge in [0.1, 0.15) is 0 Å². The Labute approximate surface area is 80.3 Å². The van der Waals surface area contributed by atoms with E-state index in [0.717, 1.165) is 12.8 Å². The average molecular weight is 200 g/mol. The van der Waals surface area contributed by atoms with E-state index in [2.05, 4.69) is 13.2 Å². The van der Waals surface area contributed by atoms with Crippen molar-refractivity contribution < 1.29 is 8.42 Å². The highest BCUT2D eigenvalue weighted by atomic mass is 32.2. The summed E-state index contributed by atoms with van der Waals surface area (Å²) < 4.78 is 22.7. The lowest BCUT2D eigenvalue weighted by molar-refractivity contribution is 0.428. The molecule has 0 aromatic heterocycles. The second-order valence-electron chi connectivity index (χ2n) is 3.65. The van der Waals surface area contributed by atoms with Gasteiger partial charge in [-0.05, 0) is 24.7 Å². The highest BCUT2D eigenvalue weighted by Crippen LogP contribution is 2.30. The number of rotatable bonds is 4. The van der Waals surface area contributed by atoms with Crippen molar-refractivity contribution in [2.45, 2.75) is 12.8 Å². The first-order chi connectivity index (χ1) is 6.09. The van der Waals surface area contributed by atoms with Crippen LogP contribution in [0.3, 0.4) is 0 Å². The summed E-state index contributed by atoms with van der Waals surface area (Å²) in [4.78, 5) is 0. The van der Waals surface area contributed by atoms with Crippen LogP contribution in [-0.4, -0.2) is 19.9 Å². The Balaban J connectivity index is 2.70. The van der Waals surface area contributed by atoms with Crippen LogP contribution < -0.4 is 0 Å². The van der Waals surface area contributed by atoms with Gasteiger partial charge in [0, 0.05) is 0 Å². The monoisotopic (exact) mass is 200 g/mol. The molecule has 0 spiro atoms. The first kappa shape index (κ1) is 10.5. The summed E-state index contributed by atoms with van der Waals surface area (Å²) >= 11 is 0. The zero-order valence-electron chi connectivity index (χ0n) is 7.78. The van der Waals surface area contributed by atoms with Gasteiger partial charge in [0.05, 0.1) is 11.5 Å². The zero-order chi connectivity index (χ0) is 9.90. The molecule has 0 N–H and O–H groups in total. The van der Waals surface area contributed by atoms with Crippen molar-refractivity contribution in [1.82, 2.24) is 0 Å². The van der Waals surface area contributed by atoms with Crippen molar-refractivity contribution in [2.75, 3.05) is 11.5 Å². The smallest absolute Gasteiger partial charge is 0.150 e. The van der Waals surface area contributed by atoms with E-state index in [4.69, 9.17) is 0 Å². The van der Waals surface area contributed by atoms with Gasteiger partial charge >= 0.3 is 0 Å². The molecule has 1 heterocycles. The van der Waals surface area contributed by atoms with Crippen LogP contribution >= 0.6 is 0 Å². The molecule has 13 heavy (non-hydrogen) atoms. The van der Waals surface area contributed by atoms with E-state index in [-0.39, 0.29) is 11.8 Å². The van der Waals surface area contributed by atoms with Gasteiger partial charge in [-0.2, -0.15) is 0 Å². The van der Waals surface area contributed by atoms with Crippen molar-refractivity contribution in [1.29, 1.82) is 0 Å². The molecule has 1 saturated heterocycles. The molecule has 2 nitrogen and oxygen atoms in total. The molecule has 0 aromatic carbocycles. The topological polar surface area (TPSA) is 34.1 Å². The van der Waals surface area contributed by atoms with E-state index in [9.17, 15) is 8.42 Å². The van der Waals surface area contributed by atoms with Crippen molar-refractivity contribution in [2.24, 2.45) is 11.8 Å². The van der Waals surface area contributed by atoms with E-state index in [1.165, 1.54) is 0 Å². The van der Waals surface area contributed by atoms with Crippen LogP contribution in [0.5, 0.6) is 0 Å². The first-order valence-electron chi connectivity index (χ1n) is 4.51. The summed E-state index contributed by atoms with van der Waals surface area (Å²) in [6.45, 7) is 7.29. The van der Waals surface area contributed by atoms with Crippen LogP contribution in [0.2, 0.25) is 0 Å². The highest BCUT2D eigenvalue weighted by molar-refractivity contribution is 7.91. The van der Waals surface area contributed by atoms with E-state index in [1.807, 2.05) is 12.2 Å². The molecule has 0 aliphatic carbocycles. The Kier molecular flexibility index (Phi) is 3.31. The molecule has 1 rings (SSSR count). The number of hydrogen-bond donors (Lipinski definition) is 0. The Morgan fingerprint density at radius 2 is 1.46 bits per heavy atom. The molecule has 3 heteroatoms. The number of hydrogen-bond acceptors (Lipinski definition) is 2. The second kappa shape index (κ2) is 4.09. The van der Waals surface area contributed by atoms with Crippen LogP contribution in [0.1, 0.15) is 12.8 Å². The molecule has 1 aliphatic rings. The van der Waals surface area contributed by atoms with Crippen LogP contribution in [0.25, 0.3) is 0 Å². The predicted octanol–water partition coefficient (Wildman–Crippen LogP) is 1.80. The number of sulfone groups is 1. The Bertz CT molecular complexity index is 266. The lowest BCUT2D eigenvalue weighted by Crippen LogP contribution is -2.10. The van der Waals surface area contributed by atoms with Crippen LogP contribution in [0, 0.1) is 11.8 Å². The third kappa shape index (κ3) is 2.69. The van der Waals surface area contributed by atoms with Gasteiger partial charge in [-0.3, -0.25) is 0 Å². The summed E-state index contributed by atoms with van der Waals surface area (Å²) in [6.07, 6.45) is 5.22. The maximum absolute atomic E-state index is 11.3. The van der Waals surface area contributed by atoms with Gasteiger partial charge in [0.25, 0.3) is 0 Å². The van der Waals surface area contributed by atoms with E-state index >= 15 is 0 Å². The van der Waals surface area contributed by atoms with Crippen molar-refractivity contribution in [3.05, 3.63) is 25.3 Å². The fourth-order valence-electron chi connectivity index (χ4n) is 1.94. The van der Waals surface area contributed by atoms with Gasteiger partial charge in [-0.15, -0.1) is 13.2 Å². The van der Waals surface area contributed by atoms with Gasteiger partial charge < -0.3 is 0 Å². The standard InChI is InChI=1S/C10H16O2S/c1-3-5-9-7-13(11,12)8-10(9)6-4-2/h3-4,9-10H,1-2,5-8H2. The zero-order valence-corrected chi connectivity index (χ0v) is 8.59. The van der Waals surface area contributed by atoms with Crippen LogP contribution in [-0.2, 0) is 9.84 Å². The molecule has 74 valence electrons. The molecule has 0 radical (unpaired) electrons. The Hall–Kier alpha value is -0.570. The molecule has 1 fully saturated rings. The molecule has 0 amide bonds. The summed E-state index contributed by atoms with van der Waals surface area (Å²) in [5.74, 6) is 1.19. The highest BCUT2D eigenvalue weighted by Gasteiger charge is 2.35. The minimum atomic E-state index is -2.78. The minimum Gasteiger partial charge on any atom is -0.229 e. The fraction of sp³-hybridized carbons (Fsp3) is 0.600. The maximum Gasteiger partial charge on any atom is 0.150 e. The van der Waals surface area contributed by atoms with E-state index in [1.54, 1.807) is 0 Å². The summed E-state index contributed by atoms with van der Waals surface area (Å²) in [7, 11) is -2.78. The maximum atomic E-state index is 11.3. The van der Waals surface area contributed by atoms with Gasteiger partial charge in [0.2, 0.25) is 0 Å². The Morgan fingerprint density at radius 3 is 1.77 bits per heavy atom. The third-order valence-electron chi connectivity index (χ3n) is 2.54. The lowest BCUT2D eigenvalue weighted by atomic mass is 9.90. The molecular formula is C10H16O2S. The SMILES string of the molecule is C=CCC1CS(=O)(=O)CC1CC=C. The van der Waals surface area contributed by atoms with Gasteiger partial charge in [0.15, 0.2) is 9.84 Å². The largest absolute Gasteiger partial charge is 0.229 e. The summed E-state index contributed by atoms with van der Waals surface area (Å²) in [5.41, 5.74) is 0. The van der Waals surface area contributed by atoms with Crippen molar-refractivity contribution >= 4 is 9.84 Å². The van der Waals surface area contributed by atoms with Crippen molar-refractivity contribution in [3.8, 4) is 0 Å². The second-order valence-corrected chi connectivity index (χ2v) is 5.80. The van der Waals surface area contributed by atoms with Crippen LogP contribution in [0.4, 0.5) is 0 Å². The van der Waals surface area contributed by atoms with Crippen LogP contribution in [0.15, 0.2) is 25.3 Å². The molecule has 2 atom stereocenters. The van der Waals surface area contributed by atoms with Gasteiger partial charge in [-0.1, -0.05) is 12.2 Å². The summed E-state index contributed by atoms with van der Waals surface area (Å²) in [6, 6.07) is 0. The molecular weight excluding hydrogens is 184 g/mol. The number of allylic oxidation sites excluding steroid dienone is 2. The lowest BCUT2D eigenvalue weighted by Gasteiger charge is -2.13. The molecule has 0 saturated carbocycles. The normalized spacial score (nSPS) is 31.4.